The van der Waals surface area contributed by atoms with Gasteiger partial charge in [-0.05, 0) is 32.0 Å². The molecule has 0 bridgehead atoms. The van der Waals surface area contributed by atoms with Crippen molar-refractivity contribution in [2.24, 2.45) is 0 Å². The molecule has 2 N–H and O–H groups in total. The van der Waals surface area contributed by atoms with Crippen molar-refractivity contribution in [1.82, 2.24) is 4.90 Å². The van der Waals surface area contributed by atoms with Gasteiger partial charge in [0.1, 0.15) is 5.75 Å². The third kappa shape index (κ3) is 3.14. The number of nitrogens with zero attached hydrogens (tertiary/aromatic N) is 1. The van der Waals surface area contributed by atoms with Gasteiger partial charge >= 0.3 is 0 Å². The second kappa shape index (κ2) is 5.75. The van der Waals surface area contributed by atoms with Crippen molar-refractivity contribution in [2.45, 2.75) is 32.9 Å². The molecule has 90 valence electrons. The van der Waals surface area contributed by atoms with E-state index in [0.717, 1.165) is 30.0 Å². The molecule has 0 amide bonds. The van der Waals surface area contributed by atoms with E-state index in [9.17, 15) is 0 Å². The molecule has 0 aliphatic carbocycles. The minimum atomic E-state index is 0.571. The lowest BCUT2D eigenvalue weighted by Crippen LogP contribution is -2.28. The lowest BCUT2D eigenvalue weighted by atomic mass is 10.1. The number of rotatable bonds is 5. The van der Waals surface area contributed by atoms with Gasteiger partial charge in [0, 0.05) is 24.3 Å². The average Bonchev–Trinajstić information content (AvgIpc) is 2.30. The first-order valence-electron chi connectivity index (χ1n) is 5.71. The van der Waals surface area contributed by atoms with Crippen molar-refractivity contribution in [3.8, 4) is 5.75 Å². The lowest BCUT2D eigenvalue weighted by Gasteiger charge is -2.24. The first-order chi connectivity index (χ1) is 7.58. The van der Waals surface area contributed by atoms with Crippen molar-refractivity contribution in [3.63, 3.8) is 0 Å². The smallest absolute Gasteiger partial charge is 0.120 e. The second-order valence-corrected chi connectivity index (χ2v) is 4.24. The minimum absolute atomic E-state index is 0.571. The Morgan fingerprint density at radius 2 is 2.12 bits per heavy atom. The number of anilines is 1. The van der Waals surface area contributed by atoms with Gasteiger partial charge in [-0.3, -0.25) is 4.90 Å². The van der Waals surface area contributed by atoms with Crippen LogP contribution in [0.25, 0.3) is 0 Å². The van der Waals surface area contributed by atoms with Gasteiger partial charge in [-0.25, -0.2) is 0 Å². The highest BCUT2D eigenvalue weighted by Gasteiger charge is 2.09. The molecule has 1 rings (SSSR count). The maximum atomic E-state index is 5.98. The van der Waals surface area contributed by atoms with Gasteiger partial charge in [0.15, 0.2) is 0 Å². The highest BCUT2D eigenvalue weighted by molar-refractivity contribution is 5.51. The molecule has 0 aliphatic rings. The monoisotopic (exact) mass is 222 g/mol. The Labute approximate surface area is 98.2 Å². The fourth-order valence-corrected chi connectivity index (χ4v) is 1.58. The first kappa shape index (κ1) is 12.8. The van der Waals surface area contributed by atoms with Crippen LogP contribution < -0.4 is 10.5 Å². The Hall–Kier alpha value is -1.22. The molecule has 0 aromatic heterocycles. The van der Waals surface area contributed by atoms with Gasteiger partial charge in [0.2, 0.25) is 0 Å². The Morgan fingerprint density at radius 1 is 1.44 bits per heavy atom. The SMILES string of the molecule is CCC(C)N(C)Cc1ccc(OC)cc1N. The zero-order chi connectivity index (χ0) is 12.1. The molecule has 0 spiro atoms. The Bertz CT molecular complexity index is 339. The van der Waals surface area contributed by atoms with E-state index in [-0.39, 0.29) is 0 Å². The summed E-state index contributed by atoms with van der Waals surface area (Å²) in [7, 11) is 3.78. The van der Waals surface area contributed by atoms with E-state index < -0.39 is 0 Å². The maximum Gasteiger partial charge on any atom is 0.120 e. The highest BCUT2D eigenvalue weighted by Crippen LogP contribution is 2.21. The molecule has 1 unspecified atom stereocenters. The van der Waals surface area contributed by atoms with E-state index in [1.165, 1.54) is 0 Å². The number of ether oxygens (including phenoxy) is 1. The Kier molecular flexibility index (Phi) is 4.62. The van der Waals surface area contributed by atoms with Gasteiger partial charge in [0.25, 0.3) is 0 Å². The van der Waals surface area contributed by atoms with Crippen molar-refractivity contribution in [3.05, 3.63) is 23.8 Å². The molecular formula is C13H22N2O. The van der Waals surface area contributed by atoms with Crippen LogP contribution in [0.15, 0.2) is 18.2 Å². The molecule has 0 saturated carbocycles. The van der Waals surface area contributed by atoms with Crippen LogP contribution >= 0.6 is 0 Å². The summed E-state index contributed by atoms with van der Waals surface area (Å²) in [5.41, 5.74) is 7.94. The highest BCUT2D eigenvalue weighted by atomic mass is 16.5. The second-order valence-electron chi connectivity index (χ2n) is 4.24. The summed E-state index contributed by atoms with van der Waals surface area (Å²) in [6, 6.07) is 6.43. The van der Waals surface area contributed by atoms with E-state index in [4.69, 9.17) is 10.5 Å². The zero-order valence-electron chi connectivity index (χ0n) is 10.7. The zero-order valence-corrected chi connectivity index (χ0v) is 10.7. The molecule has 3 heteroatoms. The fourth-order valence-electron chi connectivity index (χ4n) is 1.58. The van der Waals surface area contributed by atoms with E-state index in [2.05, 4.69) is 25.8 Å². The van der Waals surface area contributed by atoms with Gasteiger partial charge in [-0.1, -0.05) is 13.0 Å². The molecular weight excluding hydrogens is 200 g/mol. The Morgan fingerprint density at radius 3 is 2.62 bits per heavy atom. The van der Waals surface area contributed by atoms with Gasteiger partial charge in [0.05, 0.1) is 7.11 Å². The van der Waals surface area contributed by atoms with Crippen LogP contribution in [0.1, 0.15) is 25.8 Å². The molecule has 0 saturated heterocycles. The number of methoxy groups -OCH3 is 1. The predicted molar refractivity (Wildman–Crippen MR) is 68.6 cm³/mol. The number of benzene rings is 1. The minimum Gasteiger partial charge on any atom is -0.497 e. The average molecular weight is 222 g/mol. The summed E-state index contributed by atoms with van der Waals surface area (Å²) in [6.07, 6.45) is 1.15. The van der Waals surface area contributed by atoms with Gasteiger partial charge in [-0.2, -0.15) is 0 Å². The van der Waals surface area contributed by atoms with Crippen LogP contribution in [-0.2, 0) is 6.54 Å². The van der Waals surface area contributed by atoms with E-state index in [1.807, 2.05) is 18.2 Å². The summed E-state index contributed by atoms with van der Waals surface area (Å²) in [5, 5.41) is 0. The molecule has 1 aromatic carbocycles. The van der Waals surface area contributed by atoms with Crippen molar-refractivity contribution < 1.29 is 4.74 Å². The topological polar surface area (TPSA) is 38.5 Å². The Balaban J connectivity index is 2.74. The van der Waals surface area contributed by atoms with E-state index in [1.54, 1.807) is 7.11 Å². The molecule has 0 radical (unpaired) electrons. The first-order valence-corrected chi connectivity index (χ1v) is 5.71. The van der Waals surface area contributed by atoms with Crippen LogP contribution in [0.4, 0.5) is 5.69 Å². The standard InChI is InChI=1S/C13H22N2O/c1-5-10(2)15(3)9-11-6-7-12(16-4)8-13(11)14/h6-8,10H,5,9,14H2,1-4H3. The van der Waals surface area contributed by atoms with Crippen molar-refractivity contribution in [1.29, 1.82) is 0 Å². The van der Waals surface area contributed by atoms with E-state index >= 15 is 0 Å². The van der Waals surface area contributed by atoms with Crippen LogP contribution in [0.3, 0.4) is 0 Å². The van der Waals surface area contributed by atoms with Gasteiger partial charge in [-0.15, -0.1) is 0 Å². The summed E-state index contributed by atoms with van der Waals surface area (Å²) in [4.78, 5) is 2.30. The van der Waals surface area contributed by atoms with Gasteiger partial charge < -0.3 is 10.5 Å². The van der Waals surface area contributed by atoms with Crippen molar-refractivity contribution >= 4 is 5.69 Å². The largest absolute Gasteiger partial charge is 0.497 e. The molecule has 0 fully saturated rings. The third-order valence-electron chi connectivity index (χ3n) is 3.12. The summed E-state index contributed by atoms with van der Waals surface area (Å²) >= 11 is 0. The number of nitrogen functional groups attached to an aromatic ring is 1. The molecule has 1 atom stereocenters. The van der Waals surface area contributed by atoms with Crippen LogP contribution in [-0.4, -0.2) is 25.1 Å². The van der Waals surface area contributed by atoms with Crippen molar-refractivity contribution in [2.75, 3.05) is 19.9 Å². The summed E-state index contributed by atoms with van der Waals surface area (Å²) < 4.78 is 5.13. The predicted octanol–water partition coefficient (Wildman–Crippen LogP) is 2.51. The fraction of sp³-hybridized carbons (Fsp3) is 0.538. The summed E-state index contributed by atoms with van der Waals surface area (Å²) in [6.45, 7) is 5.29. The summed E-state index contributed by atoms with van der Waals surface area (Å²) in [5.74, 6) is 0.812. The lowest BCUT2D eigenvalue weighted by molar-refractivity contribution is 0.244. The number of hydrogen-bond acceptors (Lipinski definition) is 3. The van der Waals surface area contributed by atoms with E-state index in [0.29, 0.717) is 6.04 Å². The molecule has 0 heterocycles. The van der Waals surface area contributed by atoms with Crippen LogP contribution in [0, 0.1) is 0 Å². The third-order valence-corrected chi connectivity index (χ3v) is 3.12. The van der Waals surface area contributed by atoms with Crippen LogP contribution in [0.5, 0.6) is 5.75 Å². The molecule has 3 nitrogen and oxygen atoms in total. The molecule has 1 aromatic rings. The quantitative estimate of drug-likeness (QED) is 0.778. The number of nitrogens with two attached hydrogens (primary N) is 1. The number of hydrogen-bond donors (Lipinski definition) is 1. The molecule has 0 aliphatic heterocycles. The van der Waals surface area contributed by atoms with Crippen LogP contribution in [0.2, 0.25) is 0 Å². The molecule has 16 heavy (non-hydrogen) atoms. The normalized spacial score (nSPS) is 12.8. The maximum absolute atomic E-state index is 5.98.